The minimum Gasteiger partial charge on any atom is -0.486 e. The smallest absolute Gasteiger partial charge is 0.191 e. The molecule has 4 nitrogen and oxygen atoms in total. The predicted octanol–water partition coefficient (Wildman–Crippen LogP) is 5.86. The molecular weight excluding hydrogens is 478 g/mol. The Bertz CT molecular complexity index is 796. The number of thioether (sulfide) groups is 1. The maximum absolute atomic E-state index is 5.83. The Balaban J connectivity index is 1.67. The molecule has 0 saturated carbocycles. The molecule has 0 saturated heterocycles. The van der Waals surface area contributed by atoms with Crippen LogP contribution < -0.4 is 4.74 Å². The zero-order valence-electron chi connectivity index (χ0n) is 13.9. The fourth-order valence-electron chi connectivity index (χ4n) is 2.25. The summed E-state index contributed by atoms with van der Waals surface area (Å²) in [5.41, 5.74) is 1.24. The Hall–Kier alpha value is -1.57. The Morgan fingerprint density at radius 2 is 1.65 bits per heavy atom. The van der Waals surface area contributed by atoms with Crippen LogP contribution in [0.25, 0.3) is 0 Å². The molecule has 1 aromatic heterocycles. The predicted molar refractivity (Wildman–Crippen MR) is 112 cm³/mol. The Morgan fingerprint density at radius 3 is 2.31 bits per heavy atom. The lowest BCUT2D eigenvalue weighted by Crippen LogP contribution is -2.07. The number of nitrogens with zero attached hydrogens (tertiary/aromatic N) is 3. The van der Waals surface area contributed by atoms with Gasteiger partial charge in [0.2, 0.25) is 0 Å². The van der Waals surface area contributed by atoms with Gasteiger partial charge in [0.15, 0.2) is 11.0 Å². The van der Waals surface area contributed by atoms with Crippen LogP contribution in [0.4, 0.5) is 0 Å². The van der Waals surface area contributed by atoms with Crippen molar-refractivity contribution in [1.29, 1.82) is 0 Å². The highest BCUT2D eigenvalue weighted by Gasteiger charge is 2.12. The van der Waals surface area contributed by atoms with Crippen molar-refractivity contribution < 1.29 is 4.74 Å². The van der Waals surface area contributed by atoms with Crippen LogP contribution in [0.3, 0.4) is 0 Å². The van der Waals surface area contributed by atoms with Gasteiger partial charge in [0.25, 0.3) is 0 Å². The number of hydrogen-bond acceptors (Lipinski definition) is 4. The van der Waals surface area contributed by atoms with Gasteiger partial charge in [0, 0.05) is 21.2 Å². The van der Waals surface area contributed by atoms with E-state index in [1.807, 2.05) is 47.0 Å². The second-order valence-corrected chi connectivity index (χ2v) is 8.23. The summed E-state index contributed by atoms with van der Waals surface area (Å²) in [4.78, 5) is 0. The molecule has 0 fully saturated rings. The molecule has 0 amide bonds. The Labute approximate surface area is 173 Å². The number of halogens is 2. The van der Waals surface area contributed by atoms with Gasteiger partial charge < -0.3 is 4.74 Å². The van der Waals surface area contributed by atoms with E-state index in [1.165, 1.54) is 5.56 Å². The molecule has 0 aliphatic rings. The summed E-state index contributed by atoms with van der Waals surface area (Å²) in [7, 11) is 0. The van der Waals surface area contributed by atoms with Crippen LogP contribution >= 0.6 is 43.6 Å². The third-order valence-electron chi connectivity index (χ3n) is 3.57. The fraction of sp³-hybridized carbons (Fsp3) is 0.158. The van der Waals surface area contributed by atoms with Crippen molar-refractivity contribution in [1.82, 2.24) is 14.8 Å². The molecule has 134 valence electrons. The molecule has 7 heteroatoms. The highest BCUT2D eigenvalue weighted by atomic mass is 79.9. The van der Waals surface area contributed by atoms with Crippen LogP contribution in [0.1, 0.15) is 11.4 Å². The van der Waals surface area contributed by atoms with Gasteiger partial charge >= 0.3 is 0 Å². The summed E-state index contributed by atoms with van der Waals surface area (Å²) in [5, 5.41) is 9.48. The van der Waals surface area contributed by atoms with Crippen LogP contribution in [0.2, 0.25) is 0 Å². The quantitative estimate of drug-likeness (QED) is 0.290. The van der Waals surface area contributed by atoms with Gasteiger partial charge in [-0.15, -0.1) is 16.8 Å². The number of rotatable bonds is 8. The average molecular weight is 495 g/mol. The lowest BCUT2D eigenvalue weighted by Gasteiger charge is -2.09. The number of hydrogen-bond donors (Lipinski definition) is 0. The molecule has 3 aromatic rings. The summed E-state index contributed by atoms with van der Waals surface area (Å²) >= 11 is 8.53. The van der Waals surface area contributed by atoms with E-state index in [0.717, 1.165) is 31.4 Å². The molecule has 0 spiro atoms. The molecule has 26 heavy (non-hydrogen) atoms. The van der Waals surface area contributed by atoms with Crippen molar-refractivity contribution >= 4 is 43.6 Å². The standard InChI is InChI=1S/C19H17Br2N3OS/c1-2-11-24-18(12-25-17-9-7-16(21)8-10-17)22-23-19(24)26-13-14-3-5-15(20)6-4-14/h2-10H,1,11-13H2. The van der Waals surface area contributed by atoms with E-state index in [0.29, 0.717) is 13.2 Å². The summed E-state index contributed by atoms with van der Waals surface area (Å²) in [6.07, 6.45) is 1.84. The largest absolute Gasteiger partial charge is 0.486 e. The third kappa shape index (κ3) is 5.22. The highest BCUT2D eigenvalue weighted by molar-refractivity contribution is 9.10. The Morgan fingerprint density at radius 1 is 1.00 bits per heavy atom. The van der Waals surface area contributed by atoms with E-state index < -0.39 is 0 Å². The van der Waals surface area contributed by atoms with Crippen molar-refractivity contribution in [2.24, 2.45) is 0 Å². The van der Waals surface area contributed by atoms with Gasteiger partial charge in [0.1, 0.15) is 12.4 Å². The first-order valence-electron chi connectivity index (χ1n) is 7.94. The first-order chi connectivity index (χ1) is 12.7. The molecule has 3 rings (SSSR count). The number of ether oxygens (including phenoxy) is 1. The fourth-order valence-corrected chi connectivity index (χ4v) is 3.70. The van der Waals surface area contributed by atoms with Crippen molar-refractivity contribution in [3.05, 3.63) is 81.5 Å². The molecule has 0 atom stereocenters. The summed E-state index contributed by atoms with van der Waals surface area (Å²) in [5.74, 6) is 2.41. The molecular formula is C19H17Br2N3OS. The van der Waals surface area contributed by atoms with Gasteiger partial charge in [-0.25, -0.2) is 0 Å². The van der Waals surface area contributed by atoms with Crippen LogP contribution in [0.5, 0.6) is 5.75 Å². The van der Waals surface area contributed by atoms with Crippen LogP contribution in [-0.2, 0) is 18.9 Å². The van der Waals surface area contributed by atoms with Gasteiger partial charge in [-0.2, -0.15) is 0 Å². The maximum Gasteiger partial charge on any atom is 0.191 e. The highest BCUT2D eigenvalue weighted by Crippen LogP contribution is 2.24. The summed E-state index contributed by atoms with van der Waals surface area (Å²) in [6, 6.07) is 16.0. The molecule has 0 unspecified atom stereocenters. The zero-order chi connectivity index (χ0) is 18.4. The average Bonchev–Trinajstić information content (AvgIpc) is 3.03. The molecule has 0 bridgehead atoms. The summed E-state index contributed by atoms with van der Waals surface area (Å²) in [6.45, 7) is 4.85. The van der Waals surface area contributed by atoms with Crippen molar-refractivity contribution in [3.8, 4) is 5.75 Å². The second-order valence-electron chi connectivity index (χ2n) is 5.46. The first kappa shape index (κ1) is 19.2. The maximum atomic E-state index is 5.83. The molecule has 0 aliphatic carbocycles. The minimum absolute atomic E-state index is 0.362. The van der Waals surface area contributed by atoms with E-state index in [2.05, 4.69) is 60.8 Å². The monoisotopic (exact) mass is 493 g/mol. The first-order valence-corrected chi connectivity index (χ1v) is 10.5. The van der Waals surface area contributed by atoms with Crippen molar-refractivity contribution in [2.75, 3.05) is 0 Å². The van der Waals surface area contributed by atoms with Crippen molar-refractivity contribution in [3.63, 3.8) is 0 Å². The lowest BCUT2D eigenvalue weighted by atomic mass is 10.2. The van der Waals surface area contributed by atoms with Gasteiger partial charge in [0.05, 0.1) is 0 Å². The van der Waals surface area contributed by atoms with Crippen LogP contribution in [-0.4, -0.2) is 14.8 Å². The van der Waals surface area contributed by atoms with Gasteiger partial charge in [-0.05, 0) is 42.0 Å². The SMILES string of the molecule is C=CCn1c(COc2ccc(Br)cc2)nnc1SCc1ccc(Br)cc1. The van der Waals surface area contributed by atoms with E-state index >= 15 is 0 Å². The normalized spacial score (nSPS) is 10.7. The van der Waals surface area contributed by atoms with E-state index in [-0.39, 0.29) is 0 Å². The molecule has 0 N–H and O–H groups in total. The van der Waals surface area contributed by atoms with Crippen LogP contribution in [0, 0.1) is 0 Å². The van der Waals surface area contributed by atoms with E-state index in [4.69, 9.17) is 4.74 Å². The van der Waals surface area contributed by atoms with Crippen LogP contribution in [0.15, 0.2) is 75.3 Å². The lowest BCUT2D eigenvalue weighted by molar-refractivity contribution is 0.289. The van der Waals surface area contributed by atoms with Crippen molar-refractivity contribution in [2.45, 2.75) is 24.1 Å². The minimum atomic E-state index is 0.362. The van der Waals surface area contributed by atoms with Gasteiger partial charge in [-0.3, -0.25) is 4.57 Å². The summed E-state index contributed by atoms with van der Waals surface area (Å²) < 4.78 is 9.96. The molecule has 0 radical (unpaired) electrons. The van der Waals surface area contributed by atoms with E-state index in [9.17, 15) is 0 Å². The second kappa shape index (κ2) is 9.39. The third-order valence-corrected chi connectivity index (χ3v) is 5.66. The zero-order valence-corrected chi connectivity index (χ0v) is 17.9. The Kier molecular flexibility index (Phi) is 6.93. The molecule has 0 aliphatic heterocycles. The van der Waals surface area contributed by atoms with E-state index in [1.54, 1.807) is 11.8 Å². The number of allylic oxidation sites excluding steroid dienone is 1. The molecule has 2 aromatic carbocycles. The topological polar surface area (TPSA) is 39.9 Å². The molecule has 1 heterocycles. The number of aromatic nitrogens is 3. The number of benzene rings is 2. The van der Waals surface area contributed by atoms with Gasteiger partial charge in [-0.1, -0.05) is 61.8 Å².